The monoisotopic (exact) mass is 285 g/mol. The van der Waals surface area contributed by atoms with Crippen LogP contribution in [0.5, 0.6) is 0 Å². The number of nitrogens with two attached hydrogens (primary N) is 1. The van der Waals surface area contributed by atoms with Crippen LogP contribution in [0, 0.1) is 5.82 Å². The zero-order chi connectivity index (χ0) is 14.7. The number of rotatable bonds is 4. The minimum atomic E-state index is -0.321. The normalized spacial score (nSPS) is 16.5. The lowest BCUT2D eigenvalue weighted by Gasteiger charge is -2.29. The summed E-state index contributed by atoms with van der Waals surface area (Å²) in [5, 5.41) is 0. The van der Waals surface area contributed by atoms with Crippen molar-refractivity contribution in [2.75, 3.05) is 13.1 Å². The van der Waals surface area contributed by atoms with Crippen LogP contribution in [0.3, 0.4) is 0 Å². The van der Waals surface area contributed by atoms with Crippen LogP contribution >= 0.6 is 0 Å². The summed E-state index contributed by atoms with van der Waals surface area (Å²) in [4.78, 5) is 6.48. The van der Waals surface area contributed by atoms with Gasteiger partial charge in [0.2, 0.25) is 0 Å². The zero-order valence-corrected chi connectivity index (χ0v) is 12.0. The van der Waals surface area contributed by atoms with Gasteiger partial charge in [-0.2, -0.15) is 0 Å². The number of nitrogens with zero attached hydrogens (tertiary/aromatic N) is 2. The second-order valence-corrected chi connectivity index (χ2v) is 5.59. The maximum Gasteiger partial charge on any atom is 0.141 e. The van der Waals surface area contributed by atoms with Gasteiger partial charge in [0.15, 0.2) is 0 Å². The Labute approximate surface area is 124 Å². The number of hydrogen-bond donors (Lipinski definition) is 1. The van der Waals surface area contributed by atoms with E-state index < -0.39 is 0 Å². The number of halogens is 1. The lowest BCUT2D eigenvalue weighted by molar-refractivity contribution is 0.244. The first-order chi connectivity index (χ1) is 10.2. The molecule has 0 amide bonds. The minimum absolute atomic E-state index is 0.136. The van der Waals surface area contributed by atoms with Crippen LogP contribution < -0.4 is 5.73 Å². The molecule has 3 rings (SSSR count). The van der Waals surface area contributed by atoms with Gasteiger partial charge < -0.3 is 5.73 Å². The molecule has 1 aliphatic rings. The highest BCUT2D eigenvalue weighted by Crippen LogP contribution is 2.20. The van der Waals surface area contributed by atoms with Gasteiger partial charge in [-0.05, 0) is 36.1 Å². The molecule has 0 fully saturated rings. The van der Waals surface area contributed by atoms with Crippen molar-refractivity contribution < 1.29 is 4.39 Å². The standard InChI is InChI=1S/C17H20FN3/c18-15-5-6-17(20-11-15)16(19)8-10-21-9-7-13-3-1-2-4-14(13)12-21/h1-6,11,16H,7-10,12,19H2. The molecule has 110 valence electrons. The first kappa shape index (κ1) is 14.2. The summed E-state index contributed by atoms with van der Waals surface area (Å²) in [7, 11) is 0. The van der Waals surface area contributed by atoms with E-state index >= 15 is 0 Å². The Morgan fingerprint density at radius 2 is 2.00 bits per heavy atom. The van der Waals surface area contributed by atoms with E-state index in [0.717, 1.165) is 38.2 Å². The van der Waals surface area contributed by atoms with Crippen molar-refractivity contribution in [2.45, 2.75) is 25.4 Å². The van der Waals surface area contributed by atoms with Crippen LogP contribution in [0.1, 0.15) is 29.3 Å². The van der Waals surface area contributed by atoms with E-state index in [2.05, 4.69) is 34.1 Å². The number of fused-ring (bicyclic) bond motifs is 1. The fourth-order valence-electron chi connectivity index (χ4n) is 2.82. The van der Waals surface area contributed by atoms with Crippen LogP contribution in [0.25, 0.3) is 0 Å². The third-order valence-corrected chi connectivity index (χ3v) is 4.10. The SMILES string of the molecule is NC(CCN1CCc2ccccc2C1)c1ccc(F)cn1. The van der Waals surface area contributed by atoms with Crippen molar-refractivity contribution in [1.82, 2.24) is 9.88 Å². The topological polar surface area (TPSA) is 42.1 Å². The third-order valence-electron chi connectivity index (χ3n) is 4.10. The highest BCUT2D eigenvalue weighted by atomic mass is 19.1. The highest BCUT2D eigenvalue weighted by Gasteiger charge is 2.17. The summed E-state index contributed by atoms with van der Waals surface area (Å²) in [6, 6.07) is 11.6. The van der Waals surface area contributed by atoms with Crippen LogP contribution in [0.4, 0.5) is 4.39 Å². The van der Waals surface area contributed by atoms with Gasteiger partial charge in [-0.3, -0.25) is 9.88 Å². The first-order valence-corrected chi connectivity index (χ1v) is 7.38. The molecule has 0 saturated heterocycles. The molecule has 1 aromatic carbocycles. The fourth-order valence-corrected chi connectivity index (χ4v) is 2.82. The van der Waals surface area contributed by atoms with Gasteiger partial charge in [0.1, 0.15) is 5.82 Å². The molecule has 0 bridgehead atoms. The maximum absolute atomic E-state index is 12.9. The number of aromatic nitrogens is 1. The van der Waals surface area contributed by atoms with Crippen molar-refractivity contribution in [3.8, 4) is 0 Å². The van der Waals surface area contributed by atoms with E-state index in [0.29, 0.717) is 0 Å². The van der Waals surface area contributed by atoms with E-state index in [1.807, 2.05) is 0 Å². The van der Waals surface area contributed by atoms with Crippen molar-refractivity contribution in [3.05, 3.63) is 65.2 Å². The molecule has 1 atom stereocenters. The molecular weight excluding hydrogens is 265 g/mol. The van der Waals surface area contributed by atoms with Gasteiger partial charge in [0.05, 0.1) is 11.9 Å². The minimum Gasteiger partial charge on any atom is -0.323 e. The van der Waals surface area contributed by atoms with Crippen molar-refractivity contribution in [1.29, 1.82) is 0 Å². The van der Waals surface area contributed by atoms with Crippen LogP contribution in [-0.2, 0) is 13.0 Å². The lowest BCUT2D eigenvalue weighted by atomic mass is 9.99. The average Bonchev–Trinajstić information content (AvgIpc) is 2.53. The maximum atomic E-state index is 12.9. The molecule has 1 aromatic heterocycles. The van der Waals surface area contributed by atoms with Crippen LogP contribution in [-0.4, -0.2) is 23.0 Å². The molecule has 2 heterocycles. The van der Waals surface area contributed by atoms with E-state index in [1.54, 1.807) is 6.07 Å². The summed E-state index contributed by atoms with van der Waals surface area (Å²) in [6.07, 6.45) is 3.16. The van der Waals surface area contributed by atoms with Crippen LogP contribution in [0.2, 0.25) is 0 Å². The highest BCUT2D eigenvalue weighted by molar-refractivity contribution is 5.29. The molecule has 0 radical (unpaired) electrons. The van der Waals surface area contributed by atoms with Gasteiger partial charge in [-0.25, -0.2) is 4.39 Å². The molecule has 1 aliphatic heterocycles. The summed E-state index contributed by atoms with van der Waals surface area (Å²) in [5.41, 5.74) is 9.77. The van der Waals surface area contributed by atoms with Crippen molar-refractivity contribution >= 4 is 0 Å². The average molecular weight is 285 g/mol. The summed E-state index contributed by atoms with van der Waals surface area (Å²) >= 11 is 0. The predicted octanol–water partition coefficient (Wildman–Crippen LogP) is 2.67. The van der Waals surface area contributed by atoms with Gasteiger partial charge in [0, 0.05) is 25.7 Å². The van der Waals surface area contributed by atoms with E-state index in [1.165, 1.54) is 23.4 Å². The second-order valence-electron chi connectivity index (χ2n) is 5.59. The fraction of sp³-hybridized carbons (Fsp3) is 0.353. The van der Waals surface area contributed by atoms with Crippen molar-refractivity contribution in [2.24, 2.45) is 5.73 Å². The summed E-state index contributed by atoms with van der Waals surface area (Å²) in [5.74, 6) is -0.321. The Hall–Kier alpha value is -1.78. The van der Waals surface area contributed by atoms with Gasteiger partial charge in [0.25, 0.3) is 0 Å². The molecule has 0 aliphatic carbocycles. The largest absolute Gasteiger partial charge is 0.323 e. The Morgan fingerprint density at radius 3 is 2.76 bits per heavy atom. The van der Waals surface area contributed by atoms with Gasteiger partial charge >= 0.3 is 0 Å². The first-order valence-electron chi connectivity index (χ1n) is 7.38. The molecule has 2 N–H and O–H groups in total. The third kappa shape index (κ3) is 3.46. The predicted molar refractivity (Wildman–Crippen MR) is 81.2 cm³/mol. The quantitative estimate of drug-likeness (QED) is 0.939. The molecule has 0 saturated carbocycles. The molecular formula is C17H20FN3. The Balaban J connectivity index is 1.55. The molecule has 21 heavy (non-hydrogen) atoms. The zero-order valence-electron chi connectivity index (χ0n) is 12.0. The molecule has 0 spiro atoms. The van der Waals surface area contributed by atoms with E-state index in [9.17, 15) is 4.39 Å². The van der Waals surface area contributed by atoms with Crippen LogP contribution in [0.15, 0.2) is 42.6 Å². The molecule has 2 aromatic rings. The second kappa shape index (κ2) is 6.33. The molecule has 3 nitrogen and oxygen atoms in total. The van der Waals surface area contributed by atoms with E-state index in [4.69, 9.17) is 5.73 Å². The smallest absolute Gasteiger partial charge is 0.141 e. The lowest BCUT2D eigenvalue weighted by Crippen LogP contribution is -2.32. The Bertz CT molecular complexity index is 597. The van der Waals surface area contributed by atoms with Gasteiger partial charge in [-0.1, -0.05) is 24.3 Å². The molecule has 4 heteroatoms. The number of benzene rings is 1. The number of hydrogen-bond acceptors (Lipinski definition) is 3. The number of pyridine rings is 1. The van der Waals surface area contributed by atoms with Crippen molar-refractivity contribution in [3.63, 3.8) is 0 Å². The summed E-state index contributed by atoms with van der Waals surface area (Å²) in [6.45, 7) is 2.99. The van der Waals surface area contributed by atoms with Gasteiger partial charge in [-0.15, -0.1) is 0 Å². The van der Waals surface area contributed by atoms with E-state index in [-0.39, 0.29) is 11.9 Å². The Kier molecular flexibility index (Phi) is 4.27. The molecule has 1 unspecified atom stereocenters. The Morgan fingerprint density at radius 1 is 1.19 bits per heavy atom. The summed E-state index contributed by atoms with van der Waals surface area (Å²) < 4.78 is 12.9.